The quantitative estimate of drug-likeness (QED) is 0.493. The van der Waals surface area contributed by atoms with Gasteiger partial charge >= 0.3 is 0 Å². The van der Waals surface area contributed by atoms with E-state index < -0.39 is 0 Å². The predicted octanol–water partition coefficient (Wildman–Crippen LogP) is 4.88. The Hall–Kier alpha value is -3.27. The van der Waals surface area contributed by atoms with Crippen LogP contribution in [-0.4, -0.2) is 15.5 Å². The molecule has 0 N–H and O–H groups in total. The second kappa shape index (κ2) is 6.32. The highest BCUT2D eigenvalue weighted by Crippen LogP contribution is 2.25. The normalized spacial score (nSPS) is 10.8. The van der Waals surface area contributed by atoms with Crippen LogP contribution < -0.4 is 0 Å². The Morgan fingerprint density at radius 3 is 2.12 bits per heavy atom. The van der Waals surface area contributed by atoms with Crippen LogP contribution in [0.5, 0.6) is 0 Å². The van der Waals surface area contributed by atoms with Crippen LogP contribution in [0.2, 0.25) is 0 Å². The molecule has 0 bridgehead atoms. The van der Waals surface area contributed by atoms with E-state index in [4.69, 9.17) is 4.99 Å². The fourth-order valence-electron chi connectivity index (χ4n) is 2.88. The number of hydrogen-bond acceptors (Lipinski definition) is 2. The second-order valence-electron chi connectivity index (χ2n) is 5.86. The molecule has 3 aromatic carbocycles. The summed E-state index contributed by atoms with van der Waals surface area (Å²) in [4.78, 5) is 4.76. The third-order valence-corrected chi connectivity index (χ3v) is 4.00. The number of aliphatic imine (C=N–C) groups is 1. The zero-order valence-electron chi connectivity index (χ0n) is 13.7. The van der Waals surface area contributed by atoms with Crippen LogP contribution >= 0.6 is 0 Å². The molecule has 25 heavy (non-hydrogen) atoms. The molecular weight excluding hydrogens is 313 g/mol. The largest absolute Gasteiger partial charge is 0.274 e. The molecule has 0 fully saturated rings. The van der Waals surface area contributed by atoms with Crippen molar-refractivity contribution in [1.82, 2.24) is 9.78 Å². The minimum absolute atomic E-state index is 0.363. The molecule has 4 aromatic rings. The van der Waals surface area contributed by atoms with E-state index in [0.29, 0.717) is 11.2 Å². The summed E-state index contributed by atoms with van der Waals surface area (Å²) in [5, 5.41) is 4.88. The van der Waals surface area contributed by atoms with Gasteiger partial charge in [-0.1, -0.05) is 60.7 Å². The molecule has 0 saturated heterocycles. The molecule has 3 nitrogen and oxygen atoms in total. The minimum atomic E-state index is -0.364. The summed E-state index contributed by atoms with van der Waals surface area (Å²) >= 11 is 0. The summed E-state index contributed by atoms with van der Waals surface area (Å²) in [6.45, 7) is 0. The maximum atomic E-state index is 14.4. The van der Waals surface area contributed by atoms with Crippen molar-refractivity contribution in [1.29, 1.82) is 0 Å². The topological polar surface area (TPSA) is 30.2 Å². The summed E-state index contributed by atoms with van der Waals surface area (Å²) in [5.74, 6) is -0.364. The number of aromatic nitrogens is 2. The number of hydrogen-bond donors (Lipinski definition) is 0. The molecule has 4 rings (SSSR count). The maximum Gasteiger partial charge on any atom is 0.153 e. The maximum absolute atomic E-state index is 14.4. The molecule has 0 atom stereocenters. The molecule has 0 spiro atoms. The number of fused-ring (bicyclic) bond motifs is 1. The van der Waals surface area contributed by atoms with Gasteiger partial charge in [0.15, 0.2) is 5.82 Å². The van der Waals surface area contributed by atoms with Gasteiger partial charge in [-0.15, -0.1) is 0 Å². The Morgan fingerprint density at radius 2 is 1.52 bits per heavy atom. The summed E-state index contributed by atoms with van der Waals surface area (Å²) in [6, 6.07) is 23.1. The third kappa shape index (κ3) is 3.06. The summed E-state index contributed by atoms with van der Waals surface area (Å²) in [6.07, 6.45) is 1.79. The van der Waals surface area contributed by atoms with Gasteiger partial charge in [0.25, 0.3) is 0 Å². The van der Waals surface area contributed by atoms with Crippen molar-refractivity contribution in [2.45, 2.75) is 0 Å². The standard InChI is InChI=1S/C21H16FN3/c1-25-14-17-12-18(13-19(22)21(17)24-25)23-20(15-8-4-2-5-9-15)16-10-6-3-7-11-16/h2-14H,1H3. The Kier molecular flexibility index (Phi) is 3.86. The van der Waals surface area contributed by atoms with E-state index in [2.05, 4.69) is 5.10 Å². The lowest BCUT2D eigenvalue weighted by molar-refractivity contribution is 0.633. The van der Waals surface area contributed by atoms with Gasteiger partial charge in [-0.25, -0.2) is 9.38 Å². The Bertz CT molecular complexity index is 1010. The zero-order chi connectivity index (χ0) is 17.2. The van der Waals surface area contributed by atoms with Crippen molar-refractivity contribution in [3.63, 3.8) is 0 Å². The first kappa shape index (κ1) is 15.3. The fourth-order valence-corrected chi connectivity index (χ4v) is 2.88. The lowest BCUT2D eigenvalue weighted by Gasteiger charge is -2.08. The van der Waals surface area contributed by atoms with Gasteiger partial charge < -0.3 is 0 Å². The lowest BCUT2D eigenvalue weighted by Crippen LogP contribution is -2.02. The zero-order valence-corrected chi connectivity index (χ0v) is 13.7. The van der Waals surface area contributed by atoms with E-state index in [1.54, 1.807) is 17.9 Å². The summed E-state index contributed by atoms with van der Waals surface area (Å²) in [7, 11) is 1.78. The van der Waals surface area contributed by atoms with E-state index in [9.17, 15) is 4.39 Å². The molecule has 1 heterocycles. The molecule has 0 saturated carbocycles. The average molecular weight is 329 g/mol. The highest BCUT2D eigenvalue weighted by atomic mass is 19.1. The van der Waals surface area contributed by atoms with Crippen LogP contribution in [-0.2, 0) is 7.05 Å². The molecule has 1 aromatic heterocycles. The molecule has 0 radical (unpaired) electrons. The molecule has 0 unspecified atom stereocenters. The molecule has 0 aliphatic heterocycles. The number of nitrogens with zero attached hydrogens (tertiary/aromatic N) is 3. The van der Waals surface area contributed by atoms with Crippen LogP contribution in [0.1, 0.15) is 11.1 Å². The van der Waals surface area contributed by atoms with Crippen LogP contribution in [0.4, 0.5) is 10.1 Å². The van der Waals surface area contributed by atoms with Gasteiger partial charge in [0.1, 0.15) is 5.52 Å². The van der Waals surface area contributed by atoms with Crippen molar-refractivity contribution < 1.29 is 4.39 Å². The SMILES string of the molecule is Cn1cc2cc(N=C(c3ccccc3)c3ccccc3)cc(F)c2n1. The second-order valence-corrected chi connectivity index (χ2v) is 5.86. The van der Waals surface area contributed by atoms with Crippen molar-refractivity contribution in [2.75, 3.05) is 0 Å². The number of halogens is 1. The first-order valence-corrected chi connectivity index (χ1v) is 8.03. The lowest BCUT2D eigenvalue weighted by atomic mass is 10.0. The predicted molar refractivity (Wildman–Crippen MR) is 98.9 cm³/mol. The number of rotatable bonds is 3. The molecular formula is C21H16FN3. The van der Waals surface area contributed by atoms with Crippen LogP contribution in [0.15, 0.2) is 84.0 Å². The molecule has 4 heteroatoms. The van der Waals surface area contributed by atoms with E-state index >= 15 is 0 Å². The third-order valence-electron chi connectivity index (χ3n) is 4.00. The number of benzene rings is 3. The molecule has 122 valence electrons. The highest BCUT2D eigenvalue weighted by molar-refractivity contribution is 6.14. The van der Waals surface area contributed by atoms with E-state index in [1.807, 2.05) is 66.7 Å². The smallest absolute Gasteiger partial charge is 0.153 e. The molecule has 0 amide bonds. The Labute approximate surface area is 145 Å². The van der Waals surface area contributed by atoms with Gasteiger partial charge in [0.05, 0.1) is 11.4 Å². The fraction of sp³-hybridized carbons (Fsp3) is 0.0476. The van der Waals surface area contributed by atoms with Gasteiger partial charge in [-0.3, -0.25) is 4.68 Å². The van der Waals surface area contributed by atoms with Crippen molar-refractivity contribution >= 4 is 22.3 Å². The van der Waals surface area contributed by atoms with Crippen LogP contribution in [0, 0.1) is 5.82 Å². The average Bonchev–Trinajstić information content (AvgIpc) is 3.02. The summed E-state index contributed by atoms with van der Waals surface area (Å²) in [5.41, 5.74) is 3.72. The molecule has 0 aliphatic rings. The first-order chi connectivity index (χ1) is 12.2. The highest BCUT2D eigenvalue weighted by Gasteiger charge is 2.10. The Morgan fingerprint density at radius 1 is 0.920 bits per heavy atom. The van der Waals surface area contributed by atoms with Gasteiger partial charge in [0.2, 0.25) is 0 Å². The first-order valence-electron chi connectivity index (χ1n) is 8.03. The Balaban J connectivity index is 1.90. The molecule has 0 aliphatic carbocycles. The van der Waals surface area contributed by atoms with Gasteiger partial charge in [0, 0.05) is 35.8 Å². The van der Waals surface area contributed by atoms with Gasteiger partial charge in [-0.05, 0) is 6.07 Å². The van der Waals surface area contributed by atoms with Crippen molar-refractivity contribution in [3.05, 3.63) is 95.9 Å². The van der Waals surface area contributed by atoms with E-state index in [-0.39, 0.29) is 5.82 Å². The van der Waals surface area contributed by atoms with Crippen molar-refractivity contribution in [3.8, 4) is 0 Å². The minimum Gasteiger partial charge on any atom is -0.274 e. The van der Waals surface area contributed by atoms with E-state index in [0.717, 1.165) is 22.2 Å². The van der Waals surface area contributed by atoms with Gasteiger partial charge in [-0.2, -0.15) is 5.10 Å². The van der Waals surface area contributed by atoms with Crippen molar-refractivity contribution in [2.24, 2.45) is 12.0 Å². The van der Waals surface area contributed by atoms with Crippen LogP contribution in [0.3, 0.4) is 0 Å². The monoisotopic (exact) mass is 329 g/mol. The number of aryl methyl sites for hydroxylation is 1. The summed E-state index contributed by atoms with van der Waals surface area (Å²) < 4.78 is 16.0. The van der Waals surface area contributed by atoms with E-state index in [1.165, 1.54) is 6.07 Å². The van der Waals surface area contributed by atoms with Crippen LogP contribution in [0.25, 0.3) is 10.9 Å².